The van der Waals surface area contributed by atoms with E-state index in [2.05, 4.69) is 47.3 Å². The first-order valence-electron chi connectivity index (χ1n) is 11.3. The number of hydrogen-bond donors (Lipinski definition) is 0. The van der Waals surface area contributed by atoms with Gasteiger partial charge in [0.15, 0.2) is 8.32 Å². The van der Waals surface area contributed by atoms with E-state index in [9.17, 15) is 4.79 Å². The van der Waals surface area contributed by atoms with Gasteiger partial charge < -0.3 is 4.43 Å². The quantitative estimate of drug-likeness (QED) is 0.393. The maximum atomic E-state index is 15.2. The zero-order valence-corrected chi connectivity index (χ0v) is 19.9. The van der Waals surface area contributed by atoms with E-state index in [1.54, 1.807) is 0 Å². The van der Waals surface area contributed by atoms with E-state index in [0.717, 1.165) is 44.9 Å². The number of halogens is 1. The van der Waals surface area contributed by atoms with Gasteiger partial charge in [-0.25, -0.2) is 4.39 Å². The van der Waals surface area contributed by atoms with Gasteiger partial charge in [-0.3, -0.25) is 4.79 Å². The van der Waals surface area contributed by atoms with Crippen molar-refractivity contribution in [3.8, 4) is 0 Å². The zero-order valence-electron chi connectivity index (χ0n) is 18.9. The lowest BCUT2D eigenvalue weighted by molar-refractivity contribution is -0.130. The lowest BCUT2D eigenvalue weighted by atomic mass is 9.62. The van der Waals surface area contributed by atoms with Gasteiger partial charge in [0.05, 0.1) is 5.60 Å². The summed E-state index contributed by atoms with van der Waals surface area (Å²) in [6.07, 6.45) is 7.09. The number of fused-ring (bicyclic) bond motifs is 1. The molecule has 27 heavy (non-hydrogen) atoms. The summed E-state index contributed by atoms with van der Waals surface area (Å²) in [5.41, 5.74) is -0.206. The number of carbonyl (C=O) groups is 1. The smallest absolute Gasteiger partial charge is 0.184 e. The van der Waals surface area contributed by atoms with Gasteiger partial charge in [-0.2, -0.15) is 0 Å². The normalized spacial score (nSPS) is 31.6. The Bertz CT molecular complexity index is 511. The minimum Gasteiger partial charge on any atom is -0.412 e. The molecule has 0 bridgehead atoms. The van der Waals surface area contributed by atoms with Crippen molar-refractivity contribution in [2.24, 2.45) is 23.2 Å². The molecule has 4 heteroatoms. The molecule has 2 saturated carbocycles. The summed E-state index contributed by atoms with van der Waals surface area (Å²) in [5.74, 6) is 1.52. The Kier molecular flexibility index (Phi) is 7.39. The molecule has 0 spiro atoms. The van der Waals surface area contributed by atoms with Crippen LogP contribution in [0.2, 0.25) is 19.6 Å². The minimum atomic E-state index is -1.71. The first-order chi connectivity index (χ1) is 12.5. The van der Waals surface area contributed by atoms with Crippen molar-refractivity contribution in [2.75, 3.05) is 0 Å². The van der Waals surface area contributed by atoms with Crippen LogP contribution in [0.1, 0.15) is 85.5 Å². The summed E-state index contributed by atoms with van der Waals surface area (Å²) >= 11 is 0. The maximum absolute atomic E-state index is 15.2. The molecule has 2 aliphatic rings. The van der Waals surface area contributed by atoms with E-state index in [1.165, 1.54) is 0 Å². The van der Waals surface area contributed by atoms with E-state index in [4.69, 9.17) is 4.43 Å². The van der Waals surface area contributed by atoms with Gasteiger partial charge in [-0.05, 0) is 81.8 Å². The minimum absolute atomic E-state index is 0.107. The zero-order chi connectivity index (χ0) is 20.5. The Morgan fingerprint density at radius 1 is 1.26 bits per heavy atom. The molecule has 158 valence electrons. The summed E-state index contributed by atoms with van der Waals surface area (Å²) in [4.78, 5) is 12.4. The number of Topliss-reactive ketones (excluding diaryl/α,β-unsaturated/α-hetero) is 1. The molecule has 0 amide bonds. The van der Waals surface area contributed by atoms with Crippen LogP contribution in [0.15, 0.2) is 0 Å². The number of ketones is 1. The second-order valence-corrected chi connectivity index (χ2v) is 15.1. The van der Waals surface area contributed by atoms with Crippen molar-refractivity contribution in [1.82, 2.24) is 0 Å². The van der Waals surface area contributed by atoms with Crippen LogP contribution in [0.5, 0.6) is 0 Å². The average Bonchev–Trinajstić information content (AvgIpc) is 2.91. The highest BCUT2D eigenvalue weighted by atomic mass is 28.4. The van der Waals surface area contributed by atoms with Crippen LogP contribution in [0.4, 0.5) is 4.39 Å². The van der Waals surface area contributed by atoms with Crippen LogP contribution < -0.4 is 0 Å². The maximum Gasteiger partial charge on any atom is 0.184 e. The van der Waals surface area contributed by atoms with E-state index < -0.39 is 14.5 Å². The molecule has 2 nitrogen and oxygen atoms in total. The molecule has 2 aliphatic carbocycles. The van der Waals surface area contributed by atoms with Crippen LogP contribution in [0, 0.1) is 23.2 Å². The van der Waals surface area contributed by atoms with Crippen molar-refractivity contribution in [3.05, 3.63) is 0 Å². The van der Waals surface area contributed by atoms with E-state index in [-0.39, 0.29) is 16.9 Å². The van der Waals surface area contributed by atoms with Gasteiger partial charge >= 0.3 is 0 Å². The highest BCUT2D eigenvalue weighted by molar-refractivity contribution is 6.69. The molecular weight excluding hydrogens is 355 g/mol. The van der Waals surface area contributed by atoms with Crippen molar-refractivity contribution in [3.63, 3.8) is 0 Å². The fourth-order valence-electron chi connectivity index (χ4n) is 6.33. The molecule has 2 rings (SSSR count). The van der Waals surface area contributed by atoms with Gasteiger partial charge in [0.25, 0.3) is 0 Å². The third kappa shape index (κ3) is 5.23. The Labute approximate surface area is 168 Å². The molecule has 0 aromatic carbocycles. The number of alkyl halides is 1. The standard InChI is InChI=1S/C23H43FO2Si/c1-8-23(9-2,26-27(5,6)7)16-18(24)15-17(3)19-12-13-20-21(25)11-10-14-22(19,20)4/h17-20H,8-16H2,1-7H3/t17-,18+,19-,20+,22-/m1/s1. The Balaban J connectivity index is 2.02. The second kappa shape index (κ2) is 8.65. The highest BCUT2D eigenvalue weighted by Gasteiger charge is 2.52. The van der Waals surface area contributed by atoms with Crippen LogP contribution in [-0.2, 0) is 9.22 Å². The largest absolute Gasteiger partial charge is 0.412 e. The Morgan fingerprint density at radius 3 is 2.44 bits per heavy atom. The Hall–Kier alpha value is -0.223. The topological polar surface area (TPSA) is 26.3 Å². The molecule has 0 aromatic heterocycles. The lowest BCUT2D eigenvalue weighted by Gasteiger charge is -2.43. The van der Waals surface area contributed by atoms with E-state index >= 15 is 4.39 Å². The summed E-state index contributed by atoms with van der Waals surface area (Å²) in [7, 11) is -1.71. The predicted molar refractivity (Wildman–Crippen MR) is 114 cm³/mol. The van der Waals surface area contributed by atoms with Gasteiger partial charge in [0.1, 0.15) is 12.0 Å². The summed E-state index contributed by atoms with van der Waals surface area (Å²) in [6, 6.07) is 0. The summed E-state index contributed by atoms with van der Waals surface area (Å²) in [5, 5.41) is 0. The van der Waals surface area contributed by atoms with Gasteiger partial charge in [-0.1, -0.05) is 27.7 Å². The van der Waals surface area contributed by atoms with E-state index in [0.29, 0.717) is 30.5 Å². The second-order valence-electron chi connectivity index (χ2n) is 10.7. The third-order valence-corrected chi connectivity index (χ3v) is 8.70. The lowest BCUT2D eigenvalue weighted by Crippen LogP contribution is -2.44. The predicted octanol–water partition coefficient (Wildman–Crippen LogP) is 6.94. The molecule has 2 fully saturated rings. The van der Waals surface area contributed by atoms with Crippen molar-refractivity contribution < 1.29 is 13.6 Å². The first kappa shape index (κ1) is 23.1. The molecule has 0 saturated heterocycles. The summed E-state index contributed by atoms with van der Waals surface area (Å²) in [6.45, 7) is 15.4. The van der Waals surface area contributed by atoms with Crippen LogP contribution in [-0.4, -0.2) is 25.9 Å². The summed E-state index contributed by atoms with van der Waals surface area (Å²) < 4.78 is 21.7. The fraction of sp³-hybridized carbons (Fsp3) is 0.957. The molecule has 0 aromatic rings. The number of carbonyl (C=O) groups excluding carboxylic acids is 1. The molecule has 0 unspecified atom stereocenters. The number of hydrogen-bond acceptors (Lipinski definition) is 2. The van der Waals surface area contributed by atoms with Crippen LogP contribution >= 0.6 is 0 Å². The van der Waals surface area contributed by atoms with Gasteiger partial charge in [0, 0.05) is 18.8 Å². The van der Waals surface area contributed by atoms with Crippen LogP contribution in [0.25, 0.3) is 0 Å². The average molecular weight is 399 g/mol. The molecule has 0 N–H and O–H groups in total. The number of rotatable bonds is 9. The molecule has 0 radical (unpaired) electrons. The van der Waals surface area contributed by atoms with Crippen molar-refractivity contribution >= 4 is 14.1 Å². The highest BCUT2D eigenvalue weighted by Crippen LogP contribution is 2.57. The Morgan fingerprint density at radius 2 is 1.89 bits per heavy atom. The van der Waals surface area contributed by atoms with Gasteiger partial charge in [0.2, 0.25) is 0 Å². The first-order valence-corrected chi connectivity index (χ1v) is 14.7. The van der Waals surface area contributed by atoms with Crippen LogP contribution in [0.3, 0.4) is 0 Å². The van der Waals surface area contributed by atoms with E-state index in [1.807, 2.05) is 0 Å². The molecule has 0 aliphatic heterocycles. The SMILES string of the molecule is CCC(CC)(C[C@@H](F)C[C@@H](C)[C@H]1CC[C@H]2C(=O)CCC[C@]12C)O[Si](C)(C)C. The van der Waals surface area contributed by atoms with Gasteiger partial charge in [-0.15, -0.1) is 0 Å². The fourth-order valence-corrected chi connectivity index (χ4v) is 8.00. The third-order valence-electron chi connectivity index (χ3n) is 7.66. The van der Waals surface area contributed by atoms with Crippen molar-refractivity contribution in [2.45, 2.75) is 117 Å². The monoisotopic (exact) mass is 398 g/mol. The molecular formula is C23H43FO2Si. The molecule has 5 atom stereocenters. The van der Waals surface area contributed by atoms with Crippen molar-refractivity contribution in [1.29, 1.82) is 0 Å². The molecule has 0 heterocycles.